The Labute approximate surface area is 164 Å². The summed E-state index contributed by atoms with van der Waals surface area (Å²) in [4.78, 5) is 12.8. The molecule has 0 aliphatic carbocycles. The first kappa shape index (κ1) is 19.7. The summed E-state index contributed by atoms with van der Waals surface area (Å²) in [7, 11) is -3.76. The highest BCUT2D eigenvalue weighted by Gasteiger charge is 2.39. The second-order valence-electron chi connectivity index (χ2n) is 6.17. The maximum atomic E-state index is 12.9. The van der Waals surface area contributed by atoms with Crippen molar-refractivity contribution < 1.29 is 17.9 Å². The highest BCUT2D eigenvalue weighted by Crippen LogP contribution is 2.28. The first-order valence-corrected chi connectivity index (χ1v) is 10.5. The molecule has 1 atom stereocenters. The van der Waals surface area contributed by atoms with Crippen LogP contribution in [0.15, 0.2) is 53.4 Å². The molecule has 8 heteroatoms. The Balaban J connectivity index is 1.75. The van der Waals surface area contributed by atoms with Crippen LogP contribution < -0.4 is 10.1 Å². The number of anilines is 1. The van der Waals surface area contributed by atoms with E-state index in [2.05, 4.69) is 5.32 Å². The molecule has 0 bridgehead atoms. The molecule has 1 heterocycles. The number of carbonyl (C=O) groups excluding carboxylic acids is 1. The van der Waals surface area contributed by atoms with Gasteiger partial charge in [-0.3, -0.25) is 4.79 Å². The van der Waals surface area contributed by atoms with Crippen molar-refractivity contribution in [1.82, 2.24) is 4.31 Å². The maximum absolute atomic E-state index is 12.9. The number of carbonyl (C=O) groups is 1. The van der Waals surface area contributed by atoms with Gasteiger partial charge in [0.15, 0.2) is 0 Å². The number of sulfonamides is 1. The van der Waals surface area contributed by atoms with Gasteiger partial charge in [-0.25, -0.2) is 8.42 Å². The fourth-order valence-corrected chi connectivity index (χ4v) is 4.84. The van der Waals surface area contributed by atoms with Crippen LogP contribution in [0.3, 0.4) is 0 Å². The molecular formula is C19H21ClN2O4S. The molecule has 1 fully saturated rings. The van der Waals surface area contributed by atoms with Crippen molar-refractivity contribution in [2.24, 2.45) is 0 Å². The predicted molar refractivity (Wildman–Crippen MR) is 105 cm³/mol. The Morgan fingerprint density at radius 2 is 1.85 bits per heavy atom. The van der Waals surface area contributed by atoms with E-state index in [0.717, 1.165) is 0 Å². The molecule has 27 heavy (non-hydrogen) atoms. The molecule has 0 radical (unpaired) electrons. The Hall–Kier alpha value is -2.09. The Bertz CT molecular complexity index is 898. The quantitative estimate of drug-likeness (QED) is 0.793. The molecular weight excluding hydrogens is 388 g/mol. The van der Waals surface area contributed by atoms with Gasteiger partial charge in [0.2, 0.25) is 15.9 Å². The van der Waals surface area contributed by atoms with Gasteiger partial charge in [-0.15, -0.1) is 0 Å². The first-order valence-electron chi connectivity index (χ1n) is 8.73. The van der Waals surface area contributed by atoms with E-state index in [9.17, 15) is 13.2 Å². The van der Waals surface area contributed by atoms with Crippen molar-refractivity contribution in [1.29, 1.82) is 0 Å². The van der Waals surface area contributed by atoms with Crippen LogP contribution in [-0.2, 0) is 14.8 Å². The van der Waals surface area contributed by atoms with E-state index in [1.165, 1.54) is 28.6 Å². The monoisotopic (exact) mass is 408 g/mol. The number of ether oxygens (including phenoxy) is 1. The molecule has 1 aliphatic rings. The van der Waals surface area contributed by atoms with Crippen LogP contribution in [0.5, 0.6) is 5.75 Å². The predicted octanol–water partition coefficient (Wildman–Crippen LogP) is 3.53. The third-order valence-corrected chi connectivity index (χ3v) is 6.53. The summed E-state index contributed by atoms with van der Waals surface area (Å²) in [5.74, 6) is 0.373. The SMILES string of the molecule is CCOc1ccc(NC(=O)[C@@H]2CCCN2S(=O)(=O)c2ccc(Cl)cc2)cc1. The van der Waals surface area contributed by atoms with Gasteiger partial charge in [0.1, 0.15) is 11.8 Å². The normalized spacial score (nSPS) is 17.6. The molecule has 0 aromatic heterocycles. The van der Waals surface area contributed by atoms with E-state index in [1.807, 2.05) is 6.92 Å². The second-order valence-corrected chi connectivity index (χ2v) is 8.50. The molecule has 0 spiro atoms. The van der Waals surface area contributed by atoms with Crippen molar-refractivity contribution in [3.63, 3.8) is 0 Å². The first-order chi connectivity index (χ1) is 12.9. The lowest BCUT2D eigenvalue weighted by atomic mass is 10.2. The summed E-state index contributed by atoms with van der Waals surface area (Å²) >= 11 is 5.84. The molecule has 0 unspecified atom stereocenters. The smallest absolute Gasteiger partial charge is 0.243 e. The highest BCUT2D eigenvalue weighted by molar-refractivity contribution is 7.89. The molecule has 6 nitrogen and oxygen atoms in total. The lowest BCUT2D eigenvalue weighted by Crippen LogP contribution is -2.43. The molecule has 1 saturated heterocycles. The molecule has 1 amide bonds. The minimum absolute atomic E-state index is 0.132. The minimum atomic E-state index is -3.76. The number of nitrogens with one attached hydrogen (secondary N) is 1. The Morgan fingerprint density at radius 3 is 2.48 bits per heavy atom. The molecule has 0 saturated carbocycles. The van der Waals surface area contributed by atoms with Crippen LogP contribution in [-0.4, -0.2) is 37.8 Å². The number of nitrogens with zero attached hydrogens (tertiary/aromatic N) is 1. The number of halogens is 1. The number of rotatable bonds is 6. The van der Waals surface area contributed by atoms with Crippen LogP contribution in [0.4, 0.5) is 5.69 Å². The van der Waals surface area contributed by atoms with Gasteiger partial charge in [-0.1, -0.05) is 11.6 Å². The van der Waals surface area contributed by atoms with E-state index < -0.39 is 16.1 Å². The van der Waals surface area contributed by atoms with Crippen LogP contribution in [0, 0.1) is 0 Å². The molecule has 1 aliphatic heterocycles. The molecule has 144 valence electrons. The molecule has 3 rings (SSSR count). The standard InChI is InChI=1S/C19H21ClN2O4S/c1-2-26-16-9-7-15(8-10-16)21-19(23)18-4-3-13-22(18)27(24,25)17-11-5-14(20)6-12-17/h5-12,18H,2-4,13H2,1H3,(H,21,23)/t18-/m0/s1. The van der Waals surface area contributed by atoms with Crippen molar-refractivity contribution in [2.75, 3.05) is 18.5 Å². The van der Waals surface area contributed by atoms with Crippen molar-refractivity contribution in [2.45, 2.75) is 30.7 Å². The minimum Gasteiger partial charge on any atom is -0.494 e. The average molecular weight is 409 g/mol. The lowest BCUT2D eigenvalue weighted by molar-refractivity contribution is -0.119. The van der Waals surface area contributed by atoms with E-state index >= 15 is 0 Å². The van der Waals surface area contributed by atoms with Gasteiger partial charge >= 0.3 is 0 Å². The Morgan fingerprint density at radius 1 is 1.19 bits per heavy atom. The number of benzene rings is 2. The Kier molecular flexibility index (Phi) is 6.04. The highest BCUT2D eigenvalue weighted by atomic mass is 35.5. The van der Waals surface area contributed by atoms with E-state index in [0.29, 0.717) is 42.5 Å². The number of hydrogen-bond donors (Lipinski definition) is 1. The third-order valence-electron chi connectivity index (χ3n) is 4.36. The summed E-state index contributed by atoms with van der Waals surface area (Å²) in [6.45, 7) is 2.77. The largest absolute Gasteiger partial charge is 0.494 e. The van der Waals surface area contributed by atoms with Crippen LogP contribution in [0.2, 0.25) is 5.02 Å². The van der Waals surface area contributed by atoms with Gasteiger partial charge < -0.3 is 10.1 Å². The maximum Gasteiger partial charge on any atom is 0.243 e. The fourth-order valence-electron chi connectivity index (χ4n) is 3.06. The van der Waals surface area contributed by atoms with Crippen LogP contribution in [0.25, 0.3) is 0 Å². The van der Waals surface area contributed by atoms with E-state index in [4.69, 9.17) is 16.3 Å². The van der Waals surface area contributed by atoms with Gasteiger partial charge in [0.05, 0.1) is 11.5 Å². The summed E-state index contributed by atoms with van der Waals surface area (Å²) in [6.07, 6.45) is 1.11. The van der Waals surface area contributed by atoms with Crippen molar-refractivity contribution in [3.8, 4) is 5.75 Å². The topological polar surface area (TPSA) is 75.7 Å². The van der Waals surface area contributed by atoms with Gasteiger partial charge in [-0.2, -0.15) is 4.31 Å². The number of hydrogen-bond acceptors (Lipinski definition) is 4. The van der Waals surface area contributed by atoms with Crippen LogP contribution in [0.1, 0.15) is 19.8 Å². The van der Waals surface area contributed by atoms with Gasteiger partial charge in [0.25, 0.3) is 0 Å². The summed E-state index contributed by atoms with van der Waals surface area (Å²) in [5.41, 5.74) is 0.596. The fraction of sp³-hybridized carbons (Fsp3) is 0.316. The lowest BCUT2D eigenvalue weighted by Gasteiger charge is -2.23. The summed E-state index contributed by atoms with van der Waals surface area (Å²) in [6, 6.07) is 12.2. The average Bonchev–Trinajstić information content (AvgIpc) is 3.15. The molecule has 2 aromatic rings. The molecule has 2 aromatic carbocycles. The zero-order valence-corrected chi connectivity index (χ0v) is 16.5. The number of amides is 1. The van der Waals surface area contributed by atoms with E-state index in [1.54, 1.807) is 24.3 Å². The van der Waals surface area contributed by atoms with Crippen molar-refractivity contribution >= 4 is 33.2 Å². The summed E-state index contributed by atoms with van der Waals surface area (Å²) in [5, 5.41) is 3.25. The second kappa shape index (κ2) is 8.29. The third kappa shape index (κ3) is 4.43. The summed E-state index contributed by atoms with van der Waals surface area (Å²) < 4.78 is 32.5. The van der Waals surface area contributed by atoms with E-state index in [-0.39, 0.29) is 10.8 Å². The van der Waals surface area contributed by atoms with Crippen molar-refractivity contribution in [3.05, 3.63) is 53.6 Å². The van der Waals surface area contributed by atoms with Gasteiger partial charge in [-0.05, 0) is 68.3 Å². The molecule has 1 N–H and O–H groups in total. The van der Waals surface area contributed by atoms with Crippen LogP contribution >= 0.6 is 11.6 Å². The van der Waals surface area contributed by atoms with Gasteiger partial charge in [0, 0.05) is 17.3 Å². The zero-order chi connectivity index (χ0) is 19.4. The zero-order valence-electron chi connectivity index (χ0n) is 14.9.